The van der Waals surface area contributed by atoms with Crippen LogP contribution in [0.2, 0.25) is 0 Å². The smallest absolute Gasteiger partial charge is 0.250 e. The standard InChI is InChI=1S/C16H22N4O2S/c21-15(11-4-1-2-5-11)20-10-23-9-14(20)16(22)19-7-3-6-12-13(19)8-17-18-12/h8,11,14H,1-7,9-10H2,(H,17,18)/t14-/m0/s1. The third kappa shape index (κ3) is 2.65. The van der Waals surface area contributed by atoms with Gasteiger partial charge in [-0.25, -0.2) is 0 Å². The Morgan fingerprint density at radius 1 is 1.22 bits per heavy atom. The Morgan fingerprint density at radius 2 is 2.04 bits per heavy atom. The number of nitrogens with zero attached hydrogens (tertiary/aromatic N) is 3. The molecule has 1 aromatic heterocycles. The van der Waals surface area contributed by atoms with Crippen LogP contribution in [-0.2, 0) is 16.0 Å². The van der Waals surface area contributed by atoms with E-state index in [-0.39, 0.29) is 23.8 Å². The molecule has 1 atom stereocenters. The summed E-state index contributed by atoms with van der Waals surface area (Å²) < 4.78 is 0. The number of rotatable bonds is 2. The molecule has 0 radical (unpaired) electrons. The Labute approximate surface area is 140 Å². The number of aromatic amines is 1. The number of aromatic nitrogens is 2. The van der Waals surface area contributed by atoms with E-state index < -0.39 is 0 Å². The number of anilines is 1. The number of hydrogen-bond acceptors (Lipinski definition) is 4. The molecule has 3 heterocycles. The second kappa shape index (κ2) is 6.19. The van der Waals surface area contributed by atoms with Gasteiger partial charge in [0, 0.05) is 18.2 Å². The monoisotopic (exact) mass is 334 g/mol. The summed E-state index contributed by atoms with van der Waals surface area (Å²) in [5.74, 6) is 1.74. The molecule has 2 fully saturated rings. The summed E-state index contributed by atoms with van der Waals surface area (Å²) >= 11 is 1.69. The first-order chi connectivity index (χ1) is 11.3. The molecule has 1 N–H and O–H groups in total. The van der Waals surface area contributed by atoms with Crippen LogP contribution in [0.4, 0.5) is 5.69 Å². The van der Waals surface area contributed by atoms with E-state index in [0.717, 1.165) is 56.5 Å². The Hall–Kier alpha value is -1.50. The molecule has 7 heteroatoms. The minimum absolute atomic E-state index is 0.0590. The van der Waals surface area contributed by atoms with Gasteiger partial charge in [0.05, 0.1) is 23.5 Å². The van der Waals surface area contributed by atoms with Crippen molar-refractivity contribution in [1.82, 2.24) is 15.1 Å². The molecule has 1 saturated carbocycles. The van der Waals surface area contributed by atoms with Gasteiger partial charge in [0.15, 0.2) is 0 Å². The van der Waals surface area contributed by atoms with Crippen LogP contribution in [0.15, 0.2) is 6.20 Å². The number of hydrogen-bond donors (Lipinski definition) is 1. The van der Waals surface area contributed by atoms with Crippen molar-refractivity contribution in [3.05, 3.63) is 11.9 Å². The predicted molar refractivity (Wildman–Crippen MR) is 89.2 cm³/mol. The zero-order valence-electron chi connectivity index (χ0n) is 13.2. The van der Waals surface area contributed by atoms with Crippen LogP contribution in [-0.4, -0.2) is 51.1 Å². The maximum atomic E-state index is 13.1. The van der Waals surface area contributed by atoms with Gasteiger partial charge < -0.3 is 9.80 Å². The van der Waals surface area contributed by atoms with Gasteiger partial charge in [0.25, 0.3) is 5.91 Å². The van der Waals surface area contributed by atoms with E-state index in [1.165, 1.54) is 0 Å². The molecule has 0 aromatic carbocycles. The van der Waals surface area contributed by atoms with Crippen LogP contribution >= 0.6 is 11.8 Å². The van der Waals surface area contributed by atoms with Gasteiger partial charge in [-0.2, -0.15) is 5.10 Å². The average Bonchev–Trinajstić information content (AvgIpc) is 3.33. The second-order valence-electron chi connectivity index (χ2n) is 6.63. The predicted octanol–water partition coefficient (Wildman–Crippen LogP) is 1.78. The maximum Gasteiger partial charge on any atom is 0.250 e. The van der Waals surface area contributed by atoms with Crippen molar-refractivity contribution in [2.45, 2.75) is 44.6 Å². The van der Waals surface area contributed by atoms with Gasteiger partial charge in [-0.05, 0) is 25.7 Å². The van der Waals surface area contributed by atoms with Gasteiger partial charge in [0.1, 0.15) is 6.04 Å². The van der Waals surface area contributed by atoms with Crippen molar-refractivity contribution >= 4 is 29.3 Å². The van der Waals surface area contributed by atoms with E-state index in [0.29, 0.717) is 11.6 Å². The molecular formula is C16H22N4O2S. The third-order valence-corrected chi connectivity index (χ3v) is 6.23. The summed E-state index contributed by atoms with van der Waals surface area (Å²) in [7, 11) is 0. The highest BCUT2D eigenvalue weighted by Crippen LogP contribution is 2.33. The van der Waals surface area contributed by atoms with E-state index >= 15 is 0 Å². The Kier molecular flexibility index (Phi) is 4.05. The third-order valence-electron chi connectivity index (χ3n) is 5.22. The van der Waals surface area contributed by atoms with E-state index in [2.05, 4.69) is 10.2 Å². The van der Waals surface area contributed by atoms with E-state index in [1.54, 1.807) is 18.0 Å². The lowest BCUT2D eigenvalue weighted by Crippen LogP contribution is -2.51. The van der Waals surface area contributed by atoms with Gasteiger partial charge in [0.2, 0.25) is 5.91 Å². The molecule has 6 nitrogen and oxygen atoms in total. The van der Waals surface area contributed by atoms with Crippen LogP contribution in [0.5, 0.6) is 0 Å². The quantitative estimate of drug-likeness (QED) is 0.895. The summed E-state index contributed by atoms with van der Waals surface area (Å²) in [6.07, 6.45) is 7.85. The van der Waals surface area contributed by atoms with Crippen molar-refractivity contribution in [2.75, 3.05) is 23.1 Å². The number of H-pyrrole nitrogens is 1. The normalized spacial score (nSPS) is 25.0. The zero-order chi connectivity index (χ0) is 15.8. The fourth-order valence-corrected chi connectivity index (χ4v) is 5.09. The lowest BCUT2D eigenvalue weighted by Gasteiger charge is -2.32. The number of nitrogens with one attached hydrogen (secondary N) is 1. The van der Waals surface area contributed by atoms with Crippen molar-refractivity contribution < 1.29 is 9.59 Å². The molecule has 124 valence electrons. The second-order valence-corrected chi connectivity index (χ2v) is 7.63. The van der Waals surface area contributed by atoms with Crippen LogP contribution in [0.25, 0.3) is 0 Å². The first-order valence-corrected chi connectivity index (χ1v) is 9.63. The van der Waals surface area contributed by atoms with Crippen LogP contribution in [0.3, 0.4) is 0 Å². The number of fused-ring (bicyclic) bond motifs is 1. The minimum Gasteiger partial charge on any atom is -0.320 e. The minimum atomic E-state index is -0.311. The lowest BCUT2D eigenvalue weighted by molar-refractivity contribution is -0.140. The first kappa shape index (κ1) is 15.1. The zero-order valence-corrected chi connectivity index (χ0v) is 14.0. The molecule has 0 unspecified atom stereocenters. The Balaban J connectivity index is 1.53. The van der Waals surface area contributed by atoms with E-state index in [4.69, 9.17) is 0 Å². The number of carbonyl (C=O) groups is 2. The highest BCUT2D eigenvalue weighted by Gasteiger charge is 2.41. The topological polar surface area (TPSA) is 69.3 Å². The van der Waals surface area contributed by atoms with Crippen LogP contribution < -0.4 is 4.90 Å². The SMILES string of the molecule is O=C([C@@H]1CSCN1C(=O)C1CCCC1)N1CCCc2[nH]ncc21. The number of amides is 2. The number of thioether (sulfide) groups is 1. The molecule has 2 amide bonds. The summed E-state index contributed by atoms with van der Waals surface area (Å²) in [6.45, 7) is 0.720. The van der Waals surface area contributed by atoms with Crippen molar-refractivity contribution in [2.24, 2.45) is 5.92 Å². The fourth-order valence-electron chi connectivity index (χ4n) is 3.94. The summed E-state index contributed by atoms with van der Waals surface area (Å²) in [6, 6.07) is -0.311. The van der Waals surface area contributed by atoms with Gasteiger partial charge in [-0.3, -0.25) is 14.7 Å². The fraction of sp³-hybridized carbons (Fsp3) is 0.688. The first-order valence-electron chi connectivity index (χ1n) is 8.47. The largest absolute Gasteiger partial charge is 0.320 e. The molecule has 1 saturated heterocycles. The molecular weight excluding hydrogens is 312 g/mol. The Bertz CT molecular complexity index is 611. The lowest BCUT2D eigenvalue weighted by atomic mass is 10.0. The van der Waals surface area contributed by atoms with Gasteiger partial charge in [-0.1, -0.05) is 12.8 Å². The van der Waals surface area contributed by atoms with Crippen LogP contribution in [0.1, 0.15) is 37.8 Å². The van der Waals surface area contributed by atoms with Gasteiger partial charge >= 0.3 is 0 Å². The summed E-state index contributed by atoms with van der Waals surface area (Å²) in [5, 5.41) is 7.06. The molecule has 1 aromatic rings. The van der Waals surface area contributed by atoms with Crippen molar-refractivity contribution in [3.63, 3.8) is 0 Å². The summed E-state index contributed by atoms with van der Waals surface area (Å²) in [5.41, 5.74) is 1.93. The van der Waals surface area contributed by atoms with Crippen LogP contribution in [0, 0.1) is 5.92 Å². The van der Waals surface area contributed by atoms with E-state index in [9.17, 15) is 9.59 Å². The molecule has 2 aliphatic heterocycles. The van der Waals surface area contributed by atoms with Crippen molar-refractivity contribution in [1.29, 1.82) is 0 Å². The Morgan fingerprint density at radius 3 is 2.87 bits per heavy atom. The summed E-state index contributed by atoms with van der Waals surface area (Å²) in [4.78, 5) is 29.5. The average molecular weight is 334 g/mol. The van der Waals surface area contributed by atoms with Gasteiger partial charge in [-0.15, -0.1) is 11.8 Å². The molecule has 3 aliphatic rings. The molecule has 4 rings (SSSR count). The highest BCUT2D eigenvalue weighted by molar-refractivity contribution is 7.99. The molecule has 0 spiro atoms. The molecule has 23 heavy (non-hydrogen) atoms. The highest BCUT2D eigenvalue weighted by atomic mass is 32.2. The maximum absolute atomic E-state index is 13.1. The number of aryl methyl sites for hydroxylation is 1. The van der Waals surface area contributed by atoms with E-state index in [1.807, 2.05) is 9.80 Å². The number of carbonyl (C=O) groups excluding carboxylic acids is 2. The molecule has 0 bridgehead atoms. The molecule has 1 aliphatic carbocycles. The van der Waals surface area contributed by atoms with Crippen molar-refractivity contribution in [3.8, 4) is 0 Å².